The predicted octanol–water partition coefficient (Wildman–Crippen LogP) is -0.748. The minimum Gasteiger partial charge on any atom is -0.459 e. The molecular weight excluding hydrogens is 298 g/mol. The zero-order chi connectivity index (χ0) is 15.9. The van der Waals surface area contributed by atoms with E-state index in [0.717, 1.165) is 11.8 Å². The lowest BCUT2D eigenvalue weighted by Gasteiger charge is -2.15. The molecule has 0 aromatic heterocycles. The van der Waals surface area contributed by atoms with Crippen LogP contribution in [0, 0.1) is 0 Å². The van der Waals surface area contributed by atoms with Gasteiger partial charge in [0.1, 0.15) is 12.4 Å². The fourth-order valence-corrected chi connectivity index (χ4v) is 2.04. The van der Waals surface area contributed by atoms with E-state index < -0.39 is 40.1 Å². The molecule has 8 heteroatoms. The number of carbonyl (C=O) groups excluding carboxylic acids is 2. The Kier molecular flexibility index (Phi) is 6.32. The van der Waals surface area contributed by atoms with Crippen molar-refractivity contribution in [2.24, 2.45) is 0 Å². The van der Waals surface area contributed by atoms with Gasteiger partial charge in [-0.25, -0.2) is 13.2 Å². The summed E-state index contributed by atoms with van der Waals surface area (Å²) in [6, 6.07) is 7.59. The molecule has 116 valence electrons. The molecule has 0 unspecified atom stereocenters. The average molecular weight is 315 g/mol. The van der Waals surface area contributed by atoms with Crippen molar-refractivity contribution >= 4 is 21.7 Å². The maximum atomic E-state index is 11.7. The van der Waals surface area contributed by atoms with Gasteiger partial charge in [-0.05, 0) is 5.56 Å². The van der Waals surface area contributed by atoms with Crippen molar-refractivity contribution in [1.82, 2.24) is 5.32 Å². The van der Waals surface area contributed by atoms with E-state index in [0.29, 0.717) is 0 Å². The molecule has 0 aliphatic carbocycles. The monoisotopic (exact) mass is 315 g/mol. The Labute approximate surface area is 122 Å². The zero-order valence-corrected chi connectivity index (χ0v) is 12.3. The van der Waals surface area contributed by atoms with E-state index >= 15 is 0 Å². The van der Waals surface area contributed by atoms with Gasteiger partial charge in [0.15, 0.2) is 15.9 Å². The van der Waals surface area contributed by atoms with Crippen LogP contribution in [0.1, 0.15) is 5.56 Å². The Morgan fingerprint density at radius 2 is 1.90 bits per heavy atom. The van der Waals surface area contributed by atoms with E-state index in [2.05, 4.69) is 5.32 Å². The number of carbonyl (C=O) groups is 2. The molecule has 0 aliphatic heterocycles. The van der Waals surface area contributed by atoms with Crippen LogP contribution in [0.25, 0.3) is 0 Å². The average Bonchev–Trinajstić information content (AvgIpc) is 2.41. The summed E-state index contributed by atoms with van der Waals surface area (Å²) in [7, 11) is -3.50. The van der Waals surface area contributed by atoms with Crippen molar-refractivity contribution in [3.8, 4) is 0 Å². The highest BCUT2D eigenvalue weighted by Gasteiger charge is 2.23. The highest BCUT2D eigenvalue weighted by atomic mass is 32.2. The largest absolute Gasteiger partial charge is 0.459 e. The number of ether oxygens (including phenoxy) is 1. The predicted molar refractivity (Wildman–Crippen MR) is 75.0 cm³/mol. The molecule has 1 rings (SSSR count). The third kappa shape index (κ3) is 6.87. The molecule has 1 aromatic rings. The number of aliphatic hydroxyl groups is 1. The number of hydrogen-bond donors (Lipinski definition) is 2. The summed E-state index contributed by atoms with van der Waals surface area (Å²) in [4.78, 5) is 23.1. The molecule has 7 nitrogen and oxygen atoms in total. The summed E-state index contributed by atoms with van der Waals surface area (Å²) in [5.41, 5.74) is 0.755. The normalized spacial score (nSPS) is 12.5. The lowest BCUT2D eigenvalue weighted by atomic mass is 10.2. The van der Waals surface area contributed by atoms with Crippen LogP contribution in [-0.4, -0.2) is 50.1 Å². The molecule has 0 aliphatic rings. The summed E-state index contributed by atoms with van der Waals surface area (Å²) in [6.45, 7) is -0.679. The lowest BCUT2D eigenvalue weighted by molar-refractivity contribution is -0.150. The molecule has 1 atom stereocenters. The maximum absolute atomic E-state index is 11.7. The number of aliphatic hydroxyl groups excluding tert-OH is 1. The second kappa shape index (κ2) is 7.75. The van der Waals surface area contributed by atoms with Crippen LogP contribution >= 0.6 is 0 Å². The molecule has 21 heavy (non-hydrogen) atoms. The van der Waals surface area contributed by atoms with Gasteiger partial charge in [-0.2, -0.15) is 0 Å². The van der Waals surface area contributed by atoms with Crippen LogP contribution in [0.4, 0.5) is 0 Å². The molecule has 1 amide bonds. The number of nitrogens with one attached hydrogen (secondary N) is 1. The van der Waals surface area contributed by atoms with E-state index in [1.54, 1.807) is 24.3 Å². The van der Waals surface area contributed by atoms with Gasteiger partial charge in [-0.1, -0.05) is 30.3 Å². The quantitative estimate of drug-likeness (QED) is 0.641. The molecule has 0 fully saturated rings. The van der Waals surface area contributed by atoms with Crippen molar-refractivity contribution in [3.05, 3.63) is 35.9 Å². The van der Waals surface area contributed by atoms with E-state index in [-0.39, 0.29) is 6.61 Å². The molecule has 2 N–H and O–H groups in total. The van der Waals surface area contributed by atoms with Gasteiger partial charge in [-0.15, -0.1) is 0 Å². The van der Waals surface area contributed by atoms with Crippen LogP contribution in [0.15, 0.2) is 30.3 Å². The Morgan fingerprint density at radius 3 is 2.43 bits per heavy atom. The molecule has 0 saturated heterocycles. The van der Waals surface area contributed by atoms with Crippen molar-refractivity contribution in [2.45, 2.75) is 12.6 Å². The summed E-state index contributed by atoms with van der Waals surface area (Å²) < 4.78 is 26.9. The van der Waals surface area contributed by atoms with Gasteiger partial charge in [0.25, 0.3) is 0 Å². The molecule has 1 aromatic carbocycles. The first-order chi connectivity index (χ1) is 9.81. The van der Waals surface area contributed by atoms with Crippen LogP contribution < -0.4 is 5.32 Å². The minimum atomic E-state index is -3.50. The van der Waals surface area contributed by atoms with Crippen molar-refractivity contribution in [1.29, 1.82) is 0 Å². The summed E-state index contributed by atoms with van der Waals surface area (Å²) >= 11 is 0. The number of sulfone groups is 1. The summed E-state index contributed by atoms with van der Waals surface area (Å²) in [5, 5.41) is 11.2. The summed E-state index contributed by atoms with van der Waals surface area (Å²) in [6.07, 6.45) is 0.897. The molecule has 0 heterocycles. The van der Waals surface area contributed by atoms with Gasteiger partial charge >= 0.3 is 5.97 Å². The Balaban J connectivity index is 2.51. The zero-order valence-electron chi connectivity index (χ0n) is 11.5. The number of hydrogen-bond acceptors (Lipinski definition) is 6. The van der Waals surface area contributed by atoms with Gasteiger partial charge in [-0.3, -0.25) is 4.79 Å². The molecule has 0 bridgehead atoms. The van der Waals surface area contributed by atoms with Crippen LogP contribution in [0.5, 0.6) is 0 Å². The lowest BCUT2D eigenvalue weighted by Crippen LogP contribution is -2.46. The van der Waals surface area contributed by atoms with E-state index in [4.69, 9.17) is 9.84 Å². The first-order valence-electron chi connectivity index (χ1n) is 6.10. The van der Waals surface area contributed by atoms with Crippen molar-refractivity contribution in [3.63, 3.8) is 0 Å². The smallest absolute Gasteiger partial charge is 0.331 e. The number of benzene rings is 1. The highest BCUT2D eigenvalue weighted by molar-refractivity contribution is 7.91. The third-order valence-electron chi connectivity index (χ3n) is 2.42. The number of rotatable bonds is 7. The van der Waals surface area contributed by atoms with Crippen molar-refractivity contribution in [2.75, 3.05) is 18.6 Å². The SMILES string of the molecule is CS(=O)(=O)CC(=O)N[C@@H](CO)C(=O)OCc1ccccc1. The maximum Gasteiger partial charge on any atom is 0.331 e. The minimum absolute atomic E-state index is 0.00186. The number of amides is 1. The number of esters is 1. The molecule has 0 radical (unpaired) electrons. The van der Waals surface area contributed by atoms with E-state index in [9.17, 15) is 18.0 Å². The highest BCUT2D eigenvalue weighted by Crippen LogP contribution is 2.02. The van der Waals surface area contributed by atoms with Gasteiger partial charge in [0, 0.05) is 6.26 Å². The second-order valence-electron chi connectivity index (χ2n) is 4.47. The van der Waals surface area contributed by atoms with Crippen LogP contribution in [0.3, 0.4) is 0 Å². The van der Waals surface area contributed by atoms with Crippen molar-refractivity contribution < 1.29 is 27.9 Å². The van der Waals surface area contributed by atoms with E-state index in [1.807, 2.05) is 6.07 Å². The second-order valence-corrected chi connectivity index (χ2v) is 6.61. The molecule has 0 saturated carbocycles. The Hall–Kier alpha value is -1.93. The fraction of sp³-hybridized carbons (Fsp3) is 0.385. The Bertz CT molecular complexity index is 584. The van der Waals surface area contributed by atoms with Gasteiger partial charge < -0.3 is 15.2 Å². The standard InChI is InChI=1S/C13H17NO6S/c1-21(18,19)9-12(16)14-11(7-15)13(17)20-8-10-5-3-2-4-6-10/h2-6,11,15H,7-9H2,1H3,(H,14,16)/t11-/m0/s1. The van der Waals surface area contributed by atoms with E-state index in [1.165, 1.54) is 0 Å². The Morgan fingerprint density at radius 1 is 1.29 bits per heavy atom. The first-order valence-corrected chi connectivity index (χ1v) is 8.16. The third-order valence-corrected chi connectivity index (χ3v) is 3.21. The van der Waals surface area contributed by atoms with Crippen LogP contribution in [-0.2, 0) is 30.8 Å². The molecule has 0 spiro atoms. The topological polar surface area (TPSA) is 110 Å². The molecular formula is C13H17NO6S. The summed E-state index contributed by atoms with van der Waals surface area (Å²) in [5.74, 6) is -2.45. The van der Waals surface area contributed by atoms with Gasteiger partial charge in [0.05, 0.1) is 6.61 Å². The fourth-order valence-electron chi connectivity index (χ4n) is 1.48. The first kappa shape index (κ1) is 17.1. The van der Waals surface area contributed by atoms with Gasteiger partial charge in [0.2, 0.25) is 5.91 Å². The van der Waals surface area contributed by atoms with Crippen LogP contribution in [0.2, 0.25) is 0 Å².